The lowest BCUT2D eigenvalue weighted by Crippen LogP contribution is -2.14. The maximum absolute atomic E-state index is 11.9. The van der Waals surface area contributed by atoms with Crippen LogP contribution in [-0.2, 0) is 13.6 Å². The molecular formula is C14H14Br2N2O3P+. The Balaban J connectivity index is 1.91. The Kier molecular flexibility index (Phi) is 6.65. The summed E-state index contributed by atoms with van der Waals surface area (Å²) < 4.78 is 24.0. The molecule has 0 aliphatic carbocycles. The monoisotopic (exact) mass is 447 g/mol. The molecule has 0 aliphatic rings. The van der Waals surface area contributed by atoms with Crippen molar-refractivity contribution in [1.82, 2.24) is 0 Å². The highest BCUT2D eigenvalue weighted by Crippen LogP contribution is 2.35. The fraction of sp³-hybridized carbons (Fsp3) is 0.143. The molecular weight excluding hydrogens is 435 g/mol. The number of hydrogen-bond acceptors (Lipinski definition) is 5. The molecule has 116 valence electrons. The van der Waals surface area contributed by atoms with Crippen molar-refractivity contribution in [2.24, 2.45) is 11.5 Å². The third-order valence-corrected chi connectivity index (χ3v) is 4.65. The van der Waals surface area contributed by atoms with E-state index < -0.39 is 20.7 Å². The summed E-state index contributed by atoms with van der Waals surface area (Å²) in [5, 5.41) is 0. The lowest BCUT2D eigenvalue weighted by Gasteiger charge is -2.07. The number of benzene rings is 2. The molecule has 0 bridgehead atoms. The van der Waals surface area contributed by atoms with E-state index in [4.69, 9.17) is 20.5 Å². The van der Waals surface area contributed by atoms with Crippen LogP contribution in [0, 0.1) is 0 Å². The Morgan fingerprint density at radius 3 is 1.41 bits per heavy atom. The third kappa shape index (κ3) is 5.21. The first-order valence-electron chi connectivity index (χ1n) is 6.28. The van der Waals surface area contributed by atoms with E-state index in [0.717, 1.165) is 8.95 Å². The molecule has 0 heterocycles. The molecule has 0 aromatic heterocycles. The molecule has 4 N–H and O–H groups in total. The summed E-state index contributed by atoms with van der Waals surface area (Å²) in [4.78, 5) is 0. The van der Waals surface area contributed by atoms with E-state index in [1.165, 1.54) is 0 Å². The van der Waals surface area contributed by atoms with Crippen LogP contribution in [0.3, 0.4) is 0 Å². The first kappa shape index (κ1) is 17.7. The van der Waals surface area contributed by atoms with Crippen LogP contribution in [0.5, 0.6) is 0 Å². The van der Waals surface area contributed by atoms with Crippen LogP contribution in [-0.4, -0.2) is 0 Å². The van der Waals surface area contributed by atoms with Crippen molar-refractivity contribution in [2.75, 3.05) is 0 Å². The Labute approximate surface area is 146 Å². The maximum Gasteiger partial charge on any atom is 0.701 e. The molecule has 0 spiro atoms. The number of nitrogens with two attached hydrogens (primary N) is 2. The highest BCUT2D eigenvalue weighted by molar-refractivity contribution is 9.10. The van der Waals surface area contributed by atoms with Gasteiger partial charge in [0.15, 0.2) is 12.5 Å². The Bertz CT molecular complexity index is 582. The zero-order chi connectivity index (χ0) is 16.1. The summed E-state index contributed by atoms with van der Waals surface area (Å²) in [6, 6.07) is 14.4. The standard InChI is InChI=1S/C14H14Br2N2O3P/c15-11-5-1-9(2-6-11)13(17)20-22(19)21-14(18)10-3-7-12(16)8-4-10/h1-8,13-14H,17-18H2/q+1. The predicted molar refractivity (Wildman–Crippen MR) is 91.9 cm³/mol. The van der Waals surface area contributed by atoms with Crippen LogP contribution in [0.1, 0.15) is 23.6 Å². The lowest BCUT2D eigenvalue weighted by atomic mass is 10.2. The second kappa shape index (κ2) is 8.26. The largest absolute Gasteiger partial charge is 0.701 e. The van der Waals surface area contributed by atoms with Crippen LogP contribution in [0.15, 0.2) is 57.5 Å². The molecule has 2 aromatic rings. The Morgan fingerprint density at radius 1 is 0.773 bits per heavy atom. The van der Waals surface area contributed by atoms with Crippen LogP contribution >= 0.6 is 40.1 Å². The fourth-order valence-electron chi connectivity index (χ4n) is 1.64. The van der Waals surface area contributed by atoms with Crippen LogP contribution < -0.4 is 11.5 Å². The first-order chi connectivity index (χ1) is 10.5. The smallest absolute Gasteiger partial charge is 0.298 e. The van der Waals surface area contributed by atoms with Crippen LogP contribution in [0.2, 0.25) is 0 Å². The van der Waals surface area contributed by atoms with Gasteiger partial charge in [-0.25, -0.2) is 0 Å². The molecule has 2 atom stereocenters. The highest BCUT2D eigenvalue weighted by Gasteiger charge is 2.30. The van der Waals surface area contributed by atoms with Gasteiger partial charge in [0.25, 0.3) is 0 Å². The summed E-state index contributed by atoms with van der Waals surface area (Å²) >= 11 is 6.65. The SMILES string of the molecule is NC(O[P+](=O)OC(N)c1ccc(Br)cc1)c1ccc(Br)cc1. The molecule has 8 heteroatoms. The maximum atomic E-state index is 11.9. The zero-order valence-corrected chi connectivity index (χ0v) is 15.4. The van der Waals surface area contributed by atoms with E-state index in [2.05, 4.69) is 31.9 Å². The average molecular weight is 449 g/mol. The van der Waals surface area contributed by atoms with E-state index in [0.29, 0.717) is 11.1 Å². The highest BCUT2D eigenvalue weighted by atomic mass is 79.9. The minimum atomic E-state index is -2.45. The molecule has 5 nitrogen and oxygen atoms in total. The Morgan fingerprint density at radius 2 is 1.09 bits per heavy atom. The van der Waals surface area contributed by atoms with Gasteiger partial charge in [0.05, 0.1) is 0 Å². The quantitative estimate of drug-likeness (QED) is 0.501. The number of rotatable bonds is 6. The second-order valence-corrected chi connectivity index (χ2v) is 7.08. The molecule has 2 unspecified atom stereocenters. The average Bonchev–Trinajstić information content (AvgIpc) is 2.48. The second-order valence-electron chi connectivity index (χ2n) is 4.38. The number of halogens is 2. The summed E-state index contributed by atoms with van der Waals surface area (Å²) in [7, 11) is -2.45. The van der Waals surface area contributed by atoms with Crippen molar-refractivity contribution >= 4 is 40.1 Å². The summed E-state index contributed by atoms with van der Waals surface area (Å²) in [5.41, 5.74) is 13.0. The van der Waals surface area contributed by atoms with E-state index in [9.17, 15) is 4.57 Å². The minimum absolute atomic E-state index is 0.687. The van der Waals surface area contributed by atoms with Crippen molar-refractivity contribution in [1.29, 1.82) is 0 Å². The minimum Gasteiger partial charge on any atom is -0.298 e. The van der Waals surface area contributed by atoms with Crippen molar-refractivity contribution in [3.05, 3.63) is 68.6 Å². The van der Waals surface area contributed by atoms with E-state index in [-0.39, 0.29) is 0 Å². The van der Waals surface area contributed by atoms with Crippen molar-refractivity contribution < 1.29 is 13.6 Å². The molecule has 2 rings (SSSR count). The fourth-order valence-corrected chi connectivity index (χ4v) is 2.83. The van der Waals surface area contributed by atoms with Gasteiger partial charge in [0.1, 0.15) is 0 Å². The topological polar surface area (TPSA) is 87.6 Å². The lowest BCUT2D eigenvalue weighted by molar-refractivity contribution is 0.135. The van der Waals surface area contributed by atoms with Gasteiger partial charge in [-0.2, -0.15) is 0 Å². The van der Waals surface area contributed by atoms with Crippen molar-refractivity contribution in [2.45, 2.75) is 12.5 Å². The van der Waals surface area contributed by atoms with Gasteiger partial charge in [0.2, 0.25) is 0 Å². The normalized spacial score (nSPS) is 14.5. The zero-order valence-electron chi connectivity index (χ0n) is 11.4. The van der Waals surface area contributed by atoms with Gasteiger partial charge >= 0.3 is 8.25 Å². The first-order valence-corrected chi connectivity index (χ1v) is 8.97. The molecule has 22 heavy (non-hydrogen) atoms. The Hall–Kier alpha value is -0.660. The van der Waals surface area contributed by atoms with Crippen molar-refractivity contribution in [3.8, 4) is 0 Å². The predicted octanol–water partition coefficient (Wildman–Crippen LogP) is 4.52. The summed E-state index contributed by atoms with van der Waals surface area (Å²) in [5.74, 6) is 0. The molecule has 0 radical (unpaired) electrons. The number of hydrogen-bond donors (Lipinski definition) is 2. The van der Waals surface area contributed by atoms with Gasteiger partial charge < -0.3 is 0 Å². The summed E-state index contributed by atoms with van der Waals surface area (Å²) in [6.07, 6.45) is -1.71. The van der Waals surface area contributed by atoms with E-state index >= 15 is 0 Å². The molecule has 0 fully saturated rings. The van der Waals surface area contributed by atoms with Gasteiger partial charge in [-0.15, -0.1) is 0 Å². The molecule has 2 aromatic carbocycles. The van der Waals surface area contributed by atoms with Gasteiger partial charge in [-0.1, -0.05) is 65.2 Å². The molecule has 0 amide bonds. The van der Waals surface area contributed by atoms with E-state index in [1.54, 1.807) is 24.3 Å². The molecule has 0 saturated carbocycles. The van der Waals surface area contributed by atoms with Crippen LogP contribution in [0.25, 0.3) is 0 Å². The molecule has 0 saturated heterocycles. The van der Waals surface area contributed by atoms with E-state index in [1.807, 2.05) is 24.3 Å². The summed E-state index contributed by atoms with van der Waals surface area (Å²) in [6.45, 7) is 0. The third-order valence-electron chi connectivity index (χ3n) is 2.80. The van der Waals surface area contributed by atoms with Gasteiger partial charge in [0, 0.05) is 24.6 Å². The van der Waals surface area contributed by atoms with Crippen molar-refractivity contribution in [3.63, 3.8) is 0 Å². The van der Waals surface area contributed by atoms with Gasteiger partial charge in [-0.05, 0) is 24.3 Å². The molecule has 0 aliphatic heterocycles. The van der Waals surface area contributed by atoms with Crippen LogP contribution in [0.4, 0.5) is 0 Å². The van der Waals surface area contributed by atoms with Gasteiger partial charge in [-0.3, -0.25) is 11.5 Å².